The molecule has 1 saturated heterocycles. The Morgan fingerprint density at radius 2 is 1.69 bits per heavy atom. The van der Waals surface area contributed by atoms with E-state index in [2.05, 4.69) is 4.72 Å². The Hall–Kier alpha value is -2.54. The Morgan fingerprint density at radius 1 is 1.04 bits per heavy atom. The minimum Gasteiger partial charge on any atom is -0.318 e. The number of carbonyl (C=O) groups is 1. The van der Waals surface area contributed by atoms with Gasteiger partial charge >= 0.3 is 6.03 Å². The number of hydrogen-bond acceptors (Lipinski definition) is 3. The third kappa shape index (κ3) is 4.16. The van der Waals surface area contributed by atoms with Crippen molar-refractivity contribution in [3.63, 3.8) is 0 Å². The summed E-state index contributed by atoms with van der Waals surface area (Å²) in [6, 6.07) is 17.1. The first-order chi connectivity index (χ1) is 12.3. The highest BCUT2D eigenvalue weighted by molar-refractivity contribution is 7.92. The number of para-hydroxylation sites is 1. The number of nitrogens with zero attached hydrogens (tertiary/aromatic N) is 2. The number of nitrogens with one attached hydrogen (secondary N) is 1. The fraction of sp³-hybridized carbons (Fsp3) is 0.316. The van der Waals surface area contributed by atoms with Crippen molar-refractivity contribution in [3.05, 3.63) is 65.7 Å². The lowest BCUT2D eigenvalue weighted by Crippen LogP contribution is -2.33. The number of anilines is 1. The lowest BCUT2D eigenvalue weighted by molar-refractivity contribution is 0.179. The lowest BCUT2D eigenvalue weighted by atomic mass is 10.1. The van der Waals surface area contributed by atoms with Crippen LogP contribution in [0.25, 0.3) is 0 Å². The van der Waals surface area contributed by atoms with E-state index in [-0.39, 0.29) is 12.1 Å². The smallest absolute Gasteiger partial charge is 0.318 e. The summed E-state index contributed by atoms with van der Waals surface area (Å²) >= 11 is 0. The predicted octanol–water partition coefficient (Wildman–Crippen LogP) is 3.06. The molecule has 0 radical (unpaired) electrons. The molecule has 0 spiro atoms. The van der Waals surface area contributed by atoms with Crippen molar-refractivity contribution in [1.82, 2.24) is 9.80 Å². The normalized spacial score (nSPS) is 16.0. The second-order valence-electron chi connectivity index (χ2n) is 6.52. The van der Waals surface area contributed by atoms with Gasteiger partial charge in [0.2, 0.25) is 10.0 Å². The van der Waals surface area contributed by atoms with Crippen molar-refractivity contribution in [2.45, 2.75) is 19.5 Å². The molecule has 0 aliphatic carbocycles. The monoisotopic (exact) mass is 373 g/mol. The standard InChI is InChI=1S/C19H23N3O3S/c1-15(16-8-4-3-5-9-16)22-13-12-21(19(22)23)14-17-10-6-7-11-18(17)20-26(2,24)25/h3-11,15,20H,12-14H2,1-2H3/t15-/m0/s1. The molecule has 7 heteroatoms. The molecule has 1 aliphatic rings. The summed E-state index contributed by atoms with van der Waals surface area (Å²) in [4.78, 5) is 16.4. The molecule has 1 fully saturated rings. The molecular weight excluding hydrogens is 350 g/mol. The van der Waals surface area contributed by atoms with E-state index in [0.717, 1.165) is 17.4 Å². The summed E-state index contributed by atoms with van der Waals surface area (Å²) < 4.78 is 25.6. The molecule has 1 aliphatic heterocycles. The number of sulfonamides is 1. The minimum atomic E-state index is -3.37. The molecule has 1 heterocycles. The lowest BCUT2D eigenvalue weighted by Gasteiger charge is -2.25. The molecule has 0 saturated carbocycles. The van der Waals surface area contributed by atoms with Crippen LogP contribution in [0.2, 0.25) is 0 Å². The fourth-order valence-electron chi connectivity index (χ4n) is 3.18. The van der Waals surface area contributed by atoms with Gasteiger partial charge < -0.3 is 9.80 Å². The van der Waals surface area contributed by atoms with E-state index in [1.54, 1.807) is 17.0 Å². The first kappa shape index (κ1) is 18.3. The minimum absolute atomic E-state index is 0.00177. The van der Waals surface area contributed by atoms with Gasteiger partial charge in [-0.2, -0.15) is 0 Å². The third-order valence-corrected chi connectivity index (χ3v) is 5.14. The molecule has 1 atom stereocenters. The highest BCUT2D eigenvalue weighted by Gasteiger charge is 2.32. The zero-order chi connectivity index (χ0) is 18.7. The van der Waals surface area contributed by atoms with Crippen LogP contribution >= 0.6 is 0 Å². The van der Waals surface area contributed by atoms with Crippen LogP contribution in [0.4, 0.5) is 10.5 Å². The average Bonchev–Trinajstić information content (AvgIpc) is 2.96. The fourth-order valence-corrected chi connectivity index (χ4v) is 3.78. The van der Waals surface area contributed by atoms with Gasteiger partial charge in [0.1, 0.15) is 0 Å². The Morgan fingerprint density at radius 3 is 2.38 bits per heavy atom. The van der Waals surface area contributed by atoms with E-state index < -0.39 is 10.0 Å². The molecule has 2 aromatic rings. The molecule has 0 bridgehead atoms. The quantitative estimate of drug-likeness (QED) is 0.846. The summed E-state index contributed by atoms with van der Waals surface area (Å²) in [5.41, 5.74) is 2.39. The Bertz CT molecular complexity index is 884. The molecule has 2 amide bonds. The molecule has 1 N–H and O–H groups in total. The molecule has 6 nitrogen and oxygen atoms in total. The van der Waals surface area contributed by atoms with Gasteiger partial charge in [-0.3, -0.25) is 4.72 Å². The van der Waals surface area contributed by atoms with Crippen LogP contribution < -0.4 is 4.72 Å². The third-order valence-electron chi connectivity index (χ3n) is 4.55. The summed E-state index contributed by atoms with van der Waals surface area (Å²) in [6.07, 6.45) is 1.12. The second-order valence-corrected chi connectivity index (χ2v) is 8.26. The van der Waals surface area contributed by atoms with Crippen LogP contribution in [0.5, 0.6) is 0 Å². The number of benzene rings is 2. The van der Waals surface area contributed by atoms with Gasteiger partial charge in [0, 0.05) is 19.6 Å². The van der Waals surface area contributed by atoms with Gasteiger partial charge in [0.15, 0.2) is 0 Å². The number of carbonyl (C=O) groups excluding carboxylic acids is 1. The molecule has 2 aromatic carbocycles. The van der Waals surface area contributed by atoms with Gasteiger partial charge in [0.25, 0.3) is 0 Å². The van der Waals surface area contributed by atoms with Gasteiger partial charge in [-0.25, -0.2) is 13.2 Å². The van der Waals surface area contributed by atoms with Crippen LogP contribution in [-0.2, 0) is 16.6 Å². The first-order valence-corrected chi connectivity index (χ1v) is 10.4. The maximum atomic E-state index is 12.8. The number of urea groups is 1. The van der Waals surface area contributed by atoms with E-state index in [1.165, 1.54) is 0 Å². The maximum absolute atomic E-state index is 12.8. The van der Waals surface area contributed by atoms with Crippen molar-refractivity contribution >= 4 is 21.7 Å². The highest BCUT2D eigenvalue weighted by Crippen LogP contribution is 2.27. The van der Waals surface area contributed by atoms with Crippen molar-refractivity contribution in [1.29, 1.82) is 0 Å². The Kier molecular flexibility index (Phi) is 5.18. The van der Waals surface area contributed by atoms with Crippen molar-refractivity contribution in [2.75, 3.05) is 24.1 Å². The molecule has 26 heavy (non-hydrogen) atoms. The number of rotatable bonds is 6. The molecule has 3 rings (SSSR count). The average molecular weight is 373 g/mol. The van der Waals surface area contributed by atoms with E-state index >= 15 is 0 Å². The van der Waals surface area contributed by atoms with Crippen LogP contribution in [0.1, 0.15) is 24.1 Å². The van der Waals surface area contributed by atoms with E-state index in [9.17, 15) is 13.2 Å². The van der Waals surface area contributed by atoms with Crippen LogP contribution in [-0.4, -0.2) is 43.6 Å². The van der Waals surface area contributed by atoms with E-state index in [1.807, 2.05) is 54.3 Å². The summed E-state index contributed by atoms with van der Waals surface area (Å²) in [5, 5.41) is 0. The van der Waals surface area contributed by atoms with Crippen LogP contribution in [0.15, 0.2) is 54.6 Å². The van der Waals surface area contributed by atoms with Crippen LogP contribution in [0.3, 0.4) is 0 Å². The van der Waals surface area contributed by atoms with Crippen LogP contribution in [0, 0.1) is 0 Å². The zero-order valence-electron chi connectivity index (χ0n) is 14.9. The molecule has 0 unspecified atom stereocenters. The Balaban J connectivity index is 1.74. The van der Waals surface area contributed by atoms with Crippen molar-refractivity contribution in [2.24, 2.45) is 0 Å². The summed E-state index contributed by atoms with van der Waals surface area (Å²) in [5.74, 6) is 0. The molecule has 0 aromatic heterocycles. The van der Waals surface area contributed by atoms with E-state index in [0.29, 0.717) is 25.3 Å². The predicted molar refractivity (Wildman–Crippen MR) is 102 cm³/mol. The highest BCUT2D eigenvalue weighted by atomic mass is 32.2. The van der Waals surface area contributed by atoms with Gasteiger partial charge in [-0.1, -0.05) is 48.5 Å². The van der Waals surface area contributed by atoms with Crippen molar-refractivity contribution in [3.8, 4) is 0 Å². The van der Waals surface area contributed by atoms with Gasteiger partial charge in [-0.05, 0) is 24.1 Å². The maximum Gasteiger partial charge on any atom is 0.320 e. The zero-order valence-corrected chi connectivity index (χ0v) is 15.7. The summed E-state index contributed by atoms with van der Waals surface area (Å²) in [7, 11) is -3.37. The van der Waals surface area contributed by atoms with Gasteiger partial charge in [-0.15, -0.1) is 0 Å². The largest absolute Gasteiger partial charge is 0.320 e. The number of hydrogen-bond donors (Lipinski definition) is 1. The first-order valence-electron chi connectivity index (χ1n) is 8.51. The summed E-state index contributed by atoms with van der Waals surface area (Å²) in [6.45, 7) is 3.66. The number of amides is 2. The van der Waals surface area contributed by atoms with Gasteiger partial charge in [0.05, 0.1) is 18.0 Å². The SMILES string of the molecule is C[C@@H](c1ccccc1)N1CCN(Cc2ccccc2NS(C)(=O)=O)C1=O. The molecule has 138 valence electrons. The topological polar surface area (TPSA) is 69.7 Å². The molecular formula is C19H23N3O3S. The Labute approximate surface area is 154 Å². The second kappa shape index (κ2) is 7.37. The van der Waals surface area contributed by atoms with E-state index in [4.69, 9.17) is 0 Å². The van der Waals surface area contributed by atoms with Crippen molar-refractivity contribution < 1.29 is 13.2 Å².